The zero-order chi connectivity index (χ0) is 11.0. The van der Waals surface area contributed by atoms with E-state index in [4.69, 9.17) is 21.4 Å². The number of carboxylic acids is 1. The van der Waals surface area contributed by atoms with Crippen molar-refractivity contribution < 1.29 is 19.4 Å². The molecule has 1 aromatic rings. The maximum absolute atomic E-state index is 11.6. The fourth-order valence-electron chi connectivity index (χ4n) is 1.47. The number of Topliss-reactive ketones (excluding diaryl/α,β-unsaturated/α-hetero) is 1. The van der Waals surface area contributed by atoms with Crippen molar-refractivity contribution in [3.05, 3.63) is 28.8 Å². The molecule has 1 unspecified atom stereocenters. The van der Waals surface area contributed by atoms with Crippen molar-refractivity contribution in [1.29, 1.82) is 0 Å². The quantitative estimate of drug-likeness (QED) is 0.835. The van der Waals surface area contributed by atoms with Gasteiger partial charge in [0.25, 0.3) is 0 Å². The summed E-state index contributed by atoms with van der Waals surface area (Å²) in [4.78, 5) is 22.1. The van der Waals surface area contributed by atoms with Crippen LogP contribution in [0.4, 0.5) is 0 Å². The van der Waals surface area contributed by atoms with Crippen LogP contribution in [0.2, 0.25) is 5.02 Å². The first kappa shape index (κ1) is 9.98. The Kier molecular flexibility index (Phi) is 2.36. The molecule has 0 saturated carbocycles. The lowest BCUT2D eigenvalue weighted by Crippen LogP contribution is -2.23. The summed E-state index contributed by atoms with van der Waals surface area (Å²) >= 11 is 5.72. The van der Waals surface area contributed by atoms with Gasteiger partial charge in [-0.15, -0.1) is 0 Å². The second kappa shape index (κ2) is 3.55. The lowest BCUT2D eigenvalue weighted by molar-refractivity contribution is -0.138. The number of carbonyl (C=O) groups excluding carboxylic acids is 1. The summed E-state index contributed by atoms with van der Waals surface area (Å²) in [5.74, 6) is -0.988. The van der Waals surface area contributed by atoms with E-state index in [1.165, 1.54) is 6.07 Å². The van der Waals surface area contributed by atoms with Gasteiger partial charge in [-0.1, -0.05) is 11.6 Å². The summed E-state index contributed by atoms with van der Waals surface area (Å²) in [5.41, 5.74) is 0.355. The standard InChI is InChI=1S/C10H7ClO4/c11-5-1-2-7-6(3-5)10(14)8(15-7)4-9(12)13/h1-3,8H,4H2,(H,12,13). The molecule has 1 aromatic carbocycles. The normalized spacial score (nSPS) is 18.5. The molecule has 0 amide bonds. The number of fused-ring (bicyclic) bond motifs is 1. The average molecular weight is 227 g/mol. The fourth-order valence-corrected chi connectivity index (χ4v) is 1.64. The molecule has 1 N–H and O–H groups in total. The Morgan fingerprint density at radius 1 is 1.53 bits per heavy atom. The minimum Gasteiger partial charge on any atom is -0.481 e. The number of halogens is 1. The van der Waals surface area contributed by atoms with Crippen LogP contribution >= 0.6 is 11.6 Å². The lowest BCUT2D eigenvalue weighted by Gasteiger charge is -2.04. The number of hydrogen-bond acceptors (Lipinski definition) is 3. The molecule has 0 saturated heterocycles. The van der Waals surface area contributed by atoms with Crippen LogP contribution in [0.3, 0.4) is 0 Å². The van der Waals surface area contributed by atoms with Gasteiger partial charge in [-0.2, -0.15) is 0 Å². The summed E-state index contributed by atoms with van der Waals surface area (Å²) < 4.78 is 5.20. The van der Waals surface area contributed by atoms with Crippen molar-refractivity contribution in [2.75, 3.05) is 0 Å². The molecular weight excluding hydrogens is 220 g/mol. The zero-order valence-corrected chi connectivity index (χ0v) is 8.32. The summed E-state index contributed by atoms with van der Waals surface area (Å²) in [6.07, 6.45) is -1.25. The van der Waals surface area contributed by atoms with Crippen molar-refractivity contribution in [1.82, 2.24) is 0 Å². The molecule has 0 spiro atoms. The van der Waals surface area contributed by atoms with Crippen molar-refractivity contribution >= 4 is 23.4 Å². The summed E-state index contributed by atoms with van der Waals surface area (Å²) in [6.45, 7) is 0. The molecule has 0 aromatic heterocycles. The molecule has 5 heteroatoms. The van der Waals surface area contributed by atoms with Gasteiger partial charge in [0.15, 0.2) is 6.10 Å². The van der Waals surface area contributed by atoms with Gasteiger partial charge in [0.2, 0.25) is 5.78 Å². The third kappa shape index (κ3) is 1.80. The number of carboxylic acid groups (broad SMARTS) is 1. The van der Waals surface area contributed by atoms with Crippen molar-refractivity contribution in [3.63, 3.8) is 0 Å². The van der Waals surface area contributed by atoms with E-state index in [-0.39, 0.29) is 12.2 Å². The third-order valence-electron chi connectivity index (χ3n) is 2.13. The van der Waals surface area contributed by atoms with Crippen LogP contribution in [0.5, 0.6) is 5.75 Å². The second-order valence-electron chi connectivity index (χ2n) is 3.21. The molecule has 0 bridgehead atoms. The maximum Gasteiger partial charge on any atom is 0.307 e. The van der Waals surface area contributed by atoms with E-state index in [1.807, 2.05) is 0 Å². The van der Waals surface area contributed by atoms with Crippen LogP contribution in [-0.2, 0) is 4.79 Å². The molecule has 1 aliphatic heterocycles. The number of benzene rings is 1. The van der Waals surface area contributed by atoms with Gasteiger partial charge < -0.3 is 9.84 Å². The molecule has 4 nitrogen and oxygen atoms in total. The number of ether oxygens (including phenoxy) is 1. The molecule has 1 heterocycles. The number of hydrogen-bond donors (Lipinski definition) is 1. The first-order valence-electron chi connectivity index (χ1n) is 4.30. The van der Waals surface area contributed by atoms with Crippen LogP contribution in [0.15, 0.2) is 18.2 Å². The molecule has 0 radical (unpaired) electrons. The molecule has 1 atom stereocenters. The van der Waals surface area contributed by atoms with Crippen molar-refractivity contribution in [3.8, 4) is 5.75 Å². The predicted octanol–water partition coefficient (Wildman–Crippen LogP) is 1.76. The SMILES string of the molecule is O=C(O)CC1Oc2ccc(Cl)cc2C1=O. The topological polar surface area (TPSA) is 63.6 Å². The van der Waals surface area contributed by atoms with E-state index in [1.54, 1.807) is 12.1 Å². The van der Waals surface area contributed by atoms with E-state index < -0.39 is 12.1 Å². The van der Waals surface area contributed by atoms with E-state index in [9.17, 15) is 9.59 Å². The molecule has 0 fully saturated rings. The number of carbonyl (C=O) groups is 2. The summed E-state index contributed by atoms with van der Waals surface area (Å²) in [5, 5.41) is 9.00. The number of rotatable bonds is 2. The Labute approximate surface area is 90.4 Å². The van der Waals surface area contributed by atoms with Crippen LogP contribution in [0.1, 0.15) is 16.8 Å². The predicted molar refractivity (Wildman–Crippen MR) is 52.5 cm³/mol. The van der Waals surface area contributed by atoms with E-state index in [2.05, 4.69) is 0 Å². The second-order valence-corrected chi connectivity index (χ2v) is 3.65. The highest BCUT2D eigenvalue weighted by atomic mass is 35.5. The Balaban J connectivity index is 2.29. The third-order valence-corrected chi connectivity index (χ3v) is 2.36. The first-order chi connectivity index (χ1) is 7.08. The summed E-state index contributed by atoms with van der Waals surface area (Å²) in [7, 11) is 0. The minimum absolute atomic E-state index is 0.324. The van der Waals surface area contributed by atoms with Crippen LogP contribution in [-0.4, -0.2) is 23.0 Å². The monoisotopic (exact) mass is 226 g/mol. The highest BCUT2D eigenvalue weighted by Gasteiger charge is 2.33. The highest BCUT2D eigenvalue weighted by molar-refractivity contribution is 6.31. The maximum atomic E-state index is 11.6. The Morgan fingerprint density at radius 3 is 2.93 bits per heavy atom. The van der Waals surface area contributed by atoms with Crippen LogP contribution < -0.4 is 4.74 Å². The zero-order valence-electron chi connectivity index (χ0n) is 7.57. The van der Waals surface area contributed by atoms with Gasteiger partial charge in [-0.05, 0) is 18.2 Å². The first-order valence-corrected chi connectivity index (χ1v) is 4.68. The van der Waals surface area contributed by atoms with Gasteiger partial charge in [-0.3, -0.25) is 9.59 Å². The molecule has 1 aliphatic rings. The van der Waals surface area contributed by atoms with Crippen LogP contribution in [0.25, 0.3) is 0 Å². The Hall–Kier alpha value is -1.55. The smallest absolute Gasteiger partial charge is 0.307 e. The number of ketones is 1. The van der Waals surface area contributed by atoms with Gasteiger partial charge in [-0.25, -0.2) is 0 Å². The van der Waals surface area contributed by atoms with Crippen molar-refractivity contribution in [2.45, 2.75) is 12.5 Å². The molecular formula is C10H7ClO4. The van der Waals surface area contributed by atoms with Crippen molar-refractivity contribution in [2.24, 2.45) is 0 Å². The van der Waals surface area contributed by atoms with Gasteiger partial charge in [0, 0.05) is 5.02 Å². The van der Waals surface area contributed by atoms with Gasteiger partial charge >= 0.3 is 5.97 Å². The van der Waals surface area contributed by atoms with E-state index in [0.29, 0.717) is 16.3 Å². The van der Waals surface area contributed by atoms with E-state index >= 15 is 0 Å². The van der Waals surface area contributed by atoms with Gasteiger partial charge in [0.1, 0.15) is 5.75 Å². The Morgan fingerprint density at radius 2 is 2.27 bits per heavy atom. The average Bonchev–Trinajstić information content (AvgIpc) is 2.44. The summed E-state index contributed by atoms with van der Waals surface area (Å²) in [6, 6.07) is 4.65. The number of aliphatic carboxylic acids is 1. The molecule has 2 rings (SSSR count). The lowest BCUT2D eigenvalue weighted by atomic mass is 10.1. The molecule has 0 aliphatic carbocycles. The largest absolute Gasteiger partial charge is 0.481 e. The fraction of sp³-hybridized carbons (Fsp3) is 0.200. The van der Waals surface area contributed by atoms with E-state index in [0.717, 1.165) is 0 Å². The minimum atomic E-state index is -1.06. The highest BCUT2D eigenvalue weighted by Crippen LogP contribution is 2.31. The van der Waals surface area contributed by atoms with Crippen LogP contribution in [0, 0.1) is 0 Å². The molecule has 15 heavy (non-hydrogen) atoms. The molecule has 78 valence electrons. The van der Waals surface area contributed by atoms with Gasteiger partial charge in [0.05, 0.1) is 12.0 Å². The Bertz CT molecular complexity index is 441.